The van der Waals surface area contributed by atoms with Crippen molar-refractivity contribution in [1.82, 2.24) is 19.5 Å². The van der Waals surface area contributed by atoms with E-state index in [0.29, 0.717) is 12.3 Å². The van der Waals surface area contributed by atoms with Gasteiger partial charge in [-0.05, 0) is 43.4 Å². The summed E-state index contributed by atoms with van der Waals surface area (Å²) >= 11 is 0. The van der Waals surface area contributed by atoms with E-state index in [1.54, 1.807) is 18.7 Å². The minimum absolute atomic E-state index is 0.0589. The Labute approximate surface area is 158 Å². The van der Waals surface area contributed by atoms with Crippen molar-refractivity contribution in [3.05, 3.63) is 43.1 Å². The van der Waals surface area contributed by atoms with Gasteiger partial charge in [0.15, 0.2) is 0 Å². The Kier molecular flexibility index (Phi) is 4.79. The number of aromatic nitrogens is 4. The first kappa shape index (κ1) is 17.9. The molecular weight excluding hydrogens is 364 g/mol. The zero-order chi connectivity index (χ0) is 18.9. The number of sulfonamides is 1. The summed E-state index contributed by atoms with van der Waals surface area (Å²) in [7, 11) is -3.38. The molecule has 0 spiro atoms. The average molecular weight is 386 g/mol. The van der Waals surface area contributed by atoms with Gasteiger partial charge in [-0.25, -0.2) is 23.5 Å². The number of hydrogen-bond donors (Lipinski definition) is 1. The number of nitrogens with two attached hydrogens (primary N) is 1. The first-order valence-corrected chi connectivity index (χ1v) is 10.7. The zero-order valence-electron chi connectivity index (χ0n) is 14.9. The molecule has 1 saturated heterocycles. The molecule has 0 atom stereocenters. The summed E-state index contributed by atoms with van der Waals surface area (Å²) in [6.07, 6.45) is 9.63. The fourth-order valence-electron chi connectivity index (χ4n) is 3.66. The van der Waals surface area contributed by atoms with Gasteiger partial charge in [0.1, 0.15) is 17.8 Å². The second-order valence-electron chi connectivity index (χ2n) is 6.92. The first-order chi connectivity index (χ1) is 13.0. The summed E-state index contributed by atoms with van der Waals surface area (Å²) in [5.41, 5.74) is 1.81. The Morgan fingerprint density at radius 1 is 1.19 bits per heavy atom. The van der Waals surface area contributed by atoms with Crippen molar-refractivity contribution in [3.63, 3.8) is 0 Å². The maximum absolute atomic E-state index is 11.2. The van der Waals surface area contributed by atoms with Crippen LogP contribution in [0.1, 0.15) is 19.3 Å². The SMILES string of the molecule is NS(=O)(=O)CCC1CCN(c2ncnc3c2ccn3-c2cccnc2)CC1. The molecule has 0 saturated carbocycles. The van der Waals surface area contributed by atoms with Gasteiger partial charge < -0.3 is 4.90 Å². The molecular formula is C18H22N6O2S. The van der Waals surface area contributed by atoms with Crippen LogP contribution in [0.3, 0.4) is 0 Å². The Morgan fingerprint density at radius 2 is 2.00 bits per heavy atom. The van der Waals surface area contributed by atoms with E-state index in [1.807, 2.05) is 29.0 Å². The number of hydrogen-bond acceptors (Lipinski definition) is 6. The quantitative estimate of drug-likeness (QED) is 0.715. The van der Waals surface area contributed by atoms with Gasteiger partial charge >= 0.3 is 0 Å². The second kappa shape index (κ2) is 7.24. The molecule has 27 heavy (non-hydrogen) atoms. The zero-order valence-corrected chi connectivity index (χ0v) is 15.7. The predicted octanol–water partition coefficient (Wildman–Crippen LogP) is 1.71. The van der Waals surface area contributed by atoms with E-state index in [2.05, 4.69) is 19.9 Å². The highest BCUT2D eigenvalue weighted by atomic mass is 32.2. The lowest BCUT2D eigenvalue weighted by molar-refractivity contribution is 0.394. The second-order valence-corrected chi connectivity index (χ2v) is 8.65. The Morgan fingerprint density at radius 3 is 2.70 bits per heavy atom. The maximum atomic E-state index is 11.2. The molecule has 142 valence electrons. The Balaban J connectivity index is 1.53. The fraction of sp³-hybridized carbons (Fsp3) is 0.389. The number of fused-ring (bicyclic) bond motifs is 1. The minimum Gasteiger partial charge on any atom is -0.356 e. The van der Waals surface area contributed by atoms with Crippen molar-refractivity contribution >= 4 is 26.9 Å². The highest BCUT2D eigenvalue weighted by Gasteiger charge is 2.23. The van der Waals surface area contributed by atoms with E-state index in [9.17, 15) is 8.42 Å². The molecule has 0 unspecified atom stereocenters. The monoisotopic (exact) mass is 386 g/mol. The van der Waals surface area contributed by atoms with Crippen molar-refractivity contribution in [2.45, 2.75) is 19.3 Å². The van der Waals surface area contributed by atoms with E-state index in [4.69, 9.17) is 5.14 Å². The molecule has 2 N–H and O–H groups in total. The molecule has 3 aromatic rings. The van der Waals surface area contributed by atoms with E-state index in [1.165, 1.54) is 0 Å². The average Bonchev–Trinajstić information content (AvgIpc) is 3.11. The van der Waals surface area contributed by atoms with Gasteiger partial charge in [-0.15, -0.1) is 0 Å². The number of primary sulfonamides is 1. The van der Waals surface area contributed by atoms with Crippen molar-refractivity contribution in [1.29, 1.82) is 0 Å². The number of pyridine rings is 1. The Hall–Kier alpha value is -2.52. The summed E-state index contributed by atoms with van der Waals surface area (Å²) in [6, 6.07) is 5.92. The number of piperidine rings is 1. The van der Waals surface area contributed by atoms with Crippen LogP contribution in [0.5, 0.6) is 0 Å². The summed E-state index contributed by atoms with van der Waals surface area (Å²) in [5.74, 6) is 1.37. The highest BCUT2D eigenvalue weighted by molar-refractivity contribution is 7.89. The van der Waals surface area contributed by atoms with Crippen LogP contribution in [-0.4, -0.2) is 46.8 Å². The van der Waals surface area contributed by atoms with Gasteiger partial charge in [0.2, 0.25) is 10.0 Å². The van der Waals surface area contributed by atoms with Gasteiger partial charge in [-0.1, -0.05) is 0 Å². The topological polar surface area (TPSA) is 107 Å². The molecule has 3 aromatic heterocycles. The van der Waals surface area contributed by atoms with Crippen LogP contribution in [0.15, 0.2) is 43.1 Å². The van der Waals surface area contributed by atoms with Gasteiger partial charge in [0.25, 0.3) is 0 Å². The molecule has 9 heteroatoms. The van der Waals surface area contributed by atoms with Crippen LogP contribution in [-0.2, 0) is 10.0 Å². The molecule has 0 amide bonds. The standard InChI is InChI=1S/C18H22N6O2S/c19-27(25,26)11-6-14-3-8-23(9-4-14)17-16-5-10-24(18(16)22-13-21-17)15-2-1-7-20-12-15/h1-2,5,7,10,12-14H,3-4,6,8-9,11H2,(H2,19,25,26). The molecule has 0 radical (unpaired) electrons. The van der Waals surface area contributed by atoms with Crippen molar-refractivity contribution in [2.75, 3.05) is 23.7 Å². The van der Waals surface area contributed by atoms with E-state index in [-0.39, 0.29) is 5.75 Å². The van der Waals surface area contributed by atoms with Crippen LogP contribution in [0.25, 0.3) is 16.7 Å². The van der Waals surface area contributed by atoms with Crippen LogP contribution >= 0.6 is 0 Å². The normalized spacial score (nSPS) is 16.1. The fourth-order valence-corrected chi connectivity index (χ4v) is 4.32. The Bertz CT molecular complexity index is 1030. The van der Waals surface area contributed by atoms with Crippen LogP contribution in [0.4, 0.5) is 5.82 Å². The lowest BCUT2D eigenvalue weighted by Gasteiger charge is -2.33. The highest BCUT2D eigenvalue weighted by Crippen LogP contribution is 2.30. The van der Waals surface area contributed by atoms with Crippen LogP contribution in [0.2, 0.25) is 0 Å². The molecule has 0 bridgehead atoms. The van der Waals surface area contributed by atoms with E-state index >= 15 is 0 Å². The summed E-state index contributed by atoms with van der Waals surface area (Å²) in [6.45, 7) is 1.69. The van der Waals surface area contributed by atoms with Crippen molar-refractivity contribution < 1.29 is 8.42 Å². The van der Waals surface area contributed by atoms with Gasteiger partial charge in [0, 0.05) is 25.5 Å². The molecule has 4 heterocycles. The maximum Gasteiger partial charge on any atom is 0.209 e. The summed E-state index contributed by atoms with van der Waals surface area (Å²) < 4.78 is 24.3. The van der Waals surface area contributed by atoms with Crippen molar-refractivity contribution in [2.24, 2.45) is 11.1 Å². The lowest BCUT2D eigenvalue weighted by Crippen LogP contribution is -2.35. The van der Waals surface area contributed by atoms with E-state index in [0.717, 1.165) is 48.5 Å². The van der Waals surface area contributed by atoms with Crippen LogP contribution < -0.4 is 10.0 Å². The third kappa shape index (κ3) is 3.93. The first-order valence-electron chi connectivity index (χ1n) is 8.99. The summed E-state index contributed by atoms with van der Waals surface area (Å²) in [5, 5.41) is 6.13. The van der Waals surface area contributed by atoms with Gasteiger partial charge in [-0.3, -0.25) is 9.55 Å². The molecule has 0 aliphatic carbocycles. The lowest BCUT2D eigenvalue weighted by atomic mass is 9.94. The van der Waals surface area contributed by atoms with Gasteiger partial charge in [-0.2, -0.15) is 0 Å². The number of nitrogens with zero attached hydrogens (tertiary/aromatic N) is 5. The minimum atomic E-state index is -3.38. The largest absolute Gasteiger partial charge is 0.356 e. The predicted molar refractivity (Wildman–Crippen MR) is 104 cm³/mol. The molecule has 1 aliphatic rings. The smallest absolute Gasteiger partial charge is 0.209 e. The number of anilines is 1. The molecule has 1 aliphatic heterocycles. The number of rotatable bonds is 5. The molecule has 8 nitrogen and oxygen atoms in total. The van der Waals surface area contributed by atoms with Gasteiger partial charge in [0.05, 0.1) is 23.0 Å². The molecule has 1 fully saturated rings. The third-order valence-corrected chi connectivity index (χ3v) is 5.91. The summed E-state index contributed by atoms with van der Waals surface area (Å²) in [4.78, 5) is 15.4. The molecule has 0 aromatic carbocycles. The molecule has 4 rings (SSSR count). The van der Waals surface area contributed by atoms with E-state index < -0.39 is 10.0 Å². The van der Waals surface area contributed by atoms with Crippen molar-refractivity contribution in [3.8, 4) is 5.69 Å². The third-order valence-electron chi connectivity index (χ3n) is 5.11. The van der Waals surface area contributed by atoms with Crippen LogP contribution in [0, 0.1) is 5.92 Å².